The van der Waals surface area contributed by atoms with E-state index in [1.54, 1.807) is 4.68 Å². The fourth-order valence-electron chi connectivity index (χ4n) is 2.80. The van der Waals surface area contributed by atoms with Gasteiger partial charge in [-0.2, -0.15) is 0 Å². The molecule has 134 valence electrons. The van der Waals surface area contributed by atoms with Gasteiger partial charge >= 0.3 is 0 Å². The smallest absolute Gasteiger partial charge is 0.221 e. The molecule has 3 aromatic heterocycles. The second kappa shape index (κ2) is 6.95. The molecule has 0 bridgehead atoms. The average molecular weight is 357 g/mol. The zero-order chi connectivity index (χ0) is 18.8. The molecule has 1 aromatic carbocycles. The molecule has 0 atom stereocenters. The summed E-state index contributed by atoms with van der Waals surface area (Å²) < 4.78 is 1.73. The zero-order valence-corrected chi connectivity index (χ0v) is 15.2. The van der Waals surface area contributed by atoms with Gasteiger partial charge < -0.3 is 5.73 Å². The van der Waals surface area contributed by atoms with Crippen molar-refractivity contribution in [1.29, 1.82) is 0 Å². The summed E-state index contributed by atoms with van der Waals surface area (Å²) in [5.41, 5.74) is 12.2. The van der Waals surface area contributed by atoms with Crippen molar-refractivity contribution in [2.45, 2.75) is 20.4 Å². The van der Waals surface area contributed by atoms with Crippen molar-refractivity contribution in [3.8, 4) is 22.6 Å². The van der Waals surface area contributed by atoms with Crippen LogP contribution in [0.3, 0.4) is 0 Å². The lowest BCUT2D eigenvalue weighted by molar-refractivity contribution is 0.638. The van der Waals surface area contributed by atoms with E-state index in [0.29, 0.717) is 17.9 Å². The molecule has 0 fully saturated rings. The Balaban J connectivity index is 1.64. The lowest BCUT2D eigenvalue weighted by Crippen LogP contribution is -2.02. The highest BCUT2D eigenvalue weighted by molar-refractivity contribution is 5.67. The fraction of sp³-hybridized carbons (Fsp3) is 0.150. The van der Waals surface area contributed by atoms with E-state index in [1.807, 2.05) is 62.6 Å². The Bertz CT molecular complexity index is 1080. The van der Waals surface area contributed by atoms with Gasteiger partial charge in [-0.25, -0.2) is 14.6 Å². The minimum absolute atomic E-state index is 0.207. The Hall–Kier alpha value is -3.61. The van der Waals surface area contributed by atoms with Gasteiger partial charge in [0.2, 0.25) is 5.95 Å². The summed E-state index contributed by atoms with van der Waals surface area (Å²) in [4.78, 5) is 13.1. The van der Waals surface area contributed by atoms with Crippen LogP contribution in [0.25, 0.3) is 22.6 Å². The number of anilines is 1. The number of rotatable bonds is 4. The highest BCUT2D eigenvalue weighted by Gasteiger charge is 2.11. The molecule has 0 aliphatic rings. The van der Waals surface area contributed by atoms with E-state index in [4.69, 9.17) is 5.73 Å². The lowest BCUT2D eigenvalue weighted by atomic mass is 10.1. The molecule has 2 N–H and O–H groups in total. The van der Waals surface area contributed by atoms with E-state index in [0.717, 1.165) is 28.1 Å². The third-order valence-electron chi connectivity index (χ3n) is 4.15. The van der Waals surface area contributed by atoms with Crippen LogP contribution < -0.4 is 5.73 Å². The second-order valence-corrected chi connectivity index (χ2v) is 6.49. The van der Waals surface area contributed by atoms with Crippen LogP contribution in [0.5, 0.6) is 0 Å². The van der Waals surface area contributed by atoms with Gasteiger partial charge in [0.15, 0.2) is 0 Å². The SMILES string of the molecule is Cc1ccc(Cn2cc(-c3cc(-c4cccc(C)c4)nc(N)n3)nn2)nc1. The number of pyridine rings is 1. The van der Waals surface area contributed by atoms with Crippen molar-refractivity contribution in [3.63, 3.8) is 0 Å². The van der Waals surface area contributed by atoms with Crippen LogP contribution in [0.15, 0.2) is 54.9 Å². The Morgan fingerprint density at radius 3 is 2.56 bits per heavy atom. The van der Waals surface area contributed by atoms with Crippen LogP contribution in [0, 0.1) is 13.8 Å². The Labute approximate surface area is 156 Å². The molecule has 0 spiro atoms. The number of nitrogens with two attached hydrogens (primary N) is 1. The number of benzene rings is 1. The van der Waals surface area contributed by atoms with E-state index in [-0.39, 0.29) is 5.95 Å². The summed E-state index contributed by atoms with van der Waals surface area (Å²) in [6, 6.07) is 14.0. The summed E-state index contributed by atoms with van der Waals surface area (Å²) >= 11 is 0. The van der Waals surface area contributed by atoms with Crippen molar-refractivity contribution >= 4 is 5.95 Å². The first kappa shape index (κ1) is 16.8. The first-order valence-electron chi connectivity index (χ1n) is 8.60. The number of aromatic nitrogens is 6. The molecule has 0 unspecified atom stereocenters. The molecule has 7 heteroatoms. The topological polar surface area (TPSA) is 95.4 Å². The molecule has 3 heterocycles. The molecule has 27 heavy (non-hydrogen) atoms. The molecule has 0 amide bonds. The monoisotopic (exact) mass is 357 g/mol. The maximum Gasteiger partial charge on any atom is 0.221 e. The van der Waals surface area contributed by atoms with Crippen molar-refractivity contribution in [2.24, 2.45) is 0 Å². The third kappa shape index (κ3) is 3.82. The zero-order valence-electron chi connectivity index (χ0n) is 15.2. The van der Waals surface area contributed by atoms with Gasteiger partial charge in [0, 0.05) is 11.8 Å². The predicted octanol–water partition coefficient (Wildman–Crippen LogP) is 3.04. The van der Waals surface area contributed by atoms with Gasteiger partial charge in [-0.3, -0.25) is 4.98 Å². The molecule has 0 saturated carbocycles. The number of hydrogen-bond donors (Lipinski definition) is 1. The minimum atomic E-state index is 0.207. The standard InChI is InChI=1S/C20H19N7/c1-13-4-3-5-15(8-13)17-9-18(24-20(21)23-17)19-12-27(26-25-19)11-16-7-6-14(2)10-22-16/h3-10,12H,11H2,1-2H3,(H2,21,23,24). The van der Waals surface area contributed by atoms with Crippen molar-refractivity contribution < 1.29 is 0 Å². The Morgan fingerprint density at radius 1 is 0.926 bits per heavy atom. The van der Waals surface area contributed by atoms with Crippen LogP contribution in [0.4, 0.5) is 5.95 Å². The van der Waals surface area contributed by atoms with Crippen LogP contribution >= 0.6 is 0 Å². The summed E-state index contributed by atoms with van der Waals surface area (Å²) in [6.07, 6.45) is 3.68. The van der Waals surface area contributed by atoms with Crippen LogP contribution in [-0.2, 0) is 6.54 Å². The number of aryl methyl sites for hydroxylation is 2. The first-order chi connectivity index (χ1) is 13.1. The third-order valence-corrected chi connectivity index (χ3v) is 4.15. The fourth-order valence-corrected chi connectivity index (χ4v) is 2.80. The van der Waals surface area contributed by atoms with Crippen LogP contribution in [0.1, 0.15) is 16.8 Å². The van der Waals surface area contributed by atoms with Gasteiger partial charge in [-0.05, 0) is 37.6 Å². The van der Waals surface area contributed by atoms with Gasteiger partial charge in [0.1, 0.15) is 5.69 Å². The normalized spacial score (nSPS) is 10.9. The first-order valence-corrected chi connectivity index (χ1v) is 8.60. The maximum absolute atomic E-state index is 5.93. The highest BCUT2D eigenvalue weighted by atomic mass is 15.4. The van der Waals surface area contributed by atoms with E-state index in [2.05, 4.69) is 31.3 Å². The van der Waals surface area contributed by atoms with Gasteiger partial charge in [0.25, 0.3) is 0 Å². The van der Waals surface area contributed by atoms with E-state index >= 15 is 0 Å². The summed E-state index contributed by atoms with van der Waals surface area (Å²) in [5, 5.41) is 8.41. The van der Waals surface area contributed by atoms with Crippen molar-refractivity contribution in [2.75, 3.05) is 5.73 Å². The Kier molecular flexibility index (Phi) is 4.33. The summed E-state index contributed by atoms with van der Waals surface area (Å²) in [5.74, 6) is 0.207. The van der Waals surface area contributed by atoms with Gasteiger partial charge in [-0.15, -0.1) is 5.10 Å². The van der Waals surface area contributed by atoms with Crippen LogP contribution in [0.2, 0.25) is 0 Å². The highest BCUT2D eigenvalue weighted by Crippen LogP contribution is 2.24. The minimum Gasteiger partial charge on any atom is -0.368 e. The molecule has 4 aromatic rings. The number of nitrogens with zero attached hydrogens (tertiary/aromatic N) is 6. The molecular weight excluding hydrogens is 338 g/mol. The molecule has 0 aliphatic heterocycles. The second-order valence-electron chi connectivity index (χ2n) is 6.49. The van der Waals surface area contributed by atoms with Crippen molar-refractivity contribution in [1.82, 2.24) is 29.9 Å². The maximum atomic E-state index is 5.93. The number of hydrogen-bond acceptors (Lipinski definition) is 6. The lowest BCUT2D eigenvalue weighted by Gasteiger charge is -2.05. The molecule has 0 radical (unpaired) electrons. The van der Waals surface area contributed by atoms with Crippen molar-refractivity contribution in [3.05, 3.63) is 71.7 Å². The van der Waals surface area contributed by atoms with E-state index in [1.165, 1.54) is 0 Å². The molecule has 0 aliphatic carbocycles. The van der Waals surface area contributed by atoms with E-state index in [9.17, 15) is 0 Å². The molecule has 0 saturated heterocycles. The van der Waals surface area contributed by atoms with Gasteiger partial charge in [-0.1, -0.05) is 35.0 Å². The molecular formula is C20H19N7. The quantitative estimate of drug-likeness (QED) is 0.603. The predicted molar refractivity (Wildman–Crippen MR) is 104 cm³/mol. The van der Waals surface area contributed by atoms with Crippen LogP contribution in [-0.4, -0.2) is 29.9 Å². The number of nitrogen functional groups attached to an aromatic ring is 1. The summed E-state index contributed by atoms with van der Waals surface area (Å²) in [6.45, 7) is 4.59. The Morgan fingerprint density at radius 2 is 1.78 bits per heavy atom. The van der Waals surface area contributed by atoms with Gasteiger partial charge in [0.05, 0.1) is 29.8 Å². The average Bonchev–Trinajstić information content (AvgIpc) is 3.12. The molecule has 7 nitrogen and oxygen atoms in total. The largest absolute Gasteiger partial charge is 0.368 e. The molecule has 4 rings (SSSR count). The summed E-state index contributed by atoms with van der Waals surface area (Å²) in [7, 11) is 0. The van der Waals surface area contributed by atoms with E-state index < -0.39 is 0 Å².